The van der Waals surface area contributed by atoms with Crippen LogP contribution in [-0.4, -0.2) is 16.8 Å². The molecular weight excluding hydrogens is 290 g/mol. The highest BCUT2D eigenvalue weighted by molar-refractivity contribution is 9.10. The molecule has 0 radical (unpaired) electrons. The molecule has 1 aromatic heterocycles. The van der Waals surface area contributed by atoms with Crippen LogP contribution >= 0.6 is 15.9 Å². The number of aromatic nitrogens is 2. The van der Waals surface area contributed by atoms with Crippen molar-refractivity contribution in [1.82, 2.24) is 15.1 Å². The van der Waals surface area contributed by atoms with Gasteiger partial charge in [-0.1, -0.05) is 12.1 Å². The van der Waals surface area contributed by atoms with Gasteiger partial charge in [-0.25, -0.2) is 4.68 Å². The van der Waals surface area contributed by atoms with E-state index < -0.39 is 0 Å². The van der Waals surface area contributed by atoms with Gasteiger partial charge >= 0.3 is 0 Å². The SMILES string of the molecule is CNC(C)c1ccc(-n2nc(C)c(Br)c2C)cc1. The molecule has 0 aliphatic carbocycles. The zero-order valence-electron chi connectivity index (χ0n) is 11.2. The molecule has 1 heterocycles. The molecule has 0 fully saturated rings. The van der Waals surface area contributed by atoms with Crippen molar-refractivity contribution in [3.8, 4) is 5.69 Å². The third-order valence-electron chi connectivity index (χ3n) is 3.27. The Kier molecular flexibility index (Phi) is 3.88. The Labute approximate surface area is 116 Å². The lowest BCUT2D eigenvalue weighted by Gasteiger charge is -2.11. The van der Waals surface area contributed by atoms with Crippen LogP contribution in [0, 0.1) is 13.8 Å². The van der Waals surface area contributed by atoms with Gasteiger partial charge < -0.3 is 5.32 Å². The topological polar surface area (TPSA) is 29.9 Å². The smallest absolute Gasteiger partial charge is 0.0743 e. The van der Waals surface area contributed by atoms with Crippen LogP contribution in [0.2, 0.25) is 0 Å². The molecule has 4 heteroatoms. The minimum absolute atomic E-state index is 0.367. The molecule has 0 amide bonds. The molecule has 1 atom stereocenters. The van der Waals surface area contributed by atoms with Gasteiger partial charge in [0.05, 0.1) is 21.5 Å². The van der Waals surface area contributed by atoms with Crippen LogP contribution < -0.4 is 5.32 Å². The van der Waals surface area contributed by atoms with Crippen LogP contribution in [0.4, 0.5) is 0 Å². The van der Waals surface area contributed by atoms with E-state index in [4.69, 9.17) is 0 Å². The highest BCUT2D eigenvalue weighted by Crippen LogP contribution is 2.23. The van der Waals surface area contributed by atoms with Crippen molar-refractivity contribution in [2.75, 3.05) is 7.05 Å². The van der Waals surface area contributed by atoms with Gasteiger partial charge in [-0.05, 0) is 61.4 Å². The van der Waals surface area contributed by atoms with Crippen molar-refractivity contribution < 1.29 is 0 Å². The van der Waals surface area contributed by atoms with E-state index in [1.807, 2.05) is 18.7 Å². The Hall–Kier alpha value is -1.13. The Morgan fingerprint density at radius 3 is 2.28 bits per heavy atom. The highest BCUT2D eigenvalue weighted by atomic mass is 79.9. The maximum absolute atomic E-state index is 4.53. The molecule has 1 N–H and O–H groups in total. The predicted octanol–water partition coefficient (Wildman–Crippen LogP) is 3.53. The fourth-order valence-corrected chi connectivity index (χ4v) is 2.19. The zero-order valence-corrected chi connectivity index (χ0v) is 12.7. The number of nitrogens with zero attached hydrogens (tertiary/aromatic N) is 2. The summed E-state index contributed by atoms with van der Waals surface area (Å²) in [6.45, 7) is 6.22. The van der Waals surface area contributed by atoms with Crippen LogP contribution in [0.1, 0.15) is 29.9 Å². The first-order valence-electron chi connectivity index (χ1n) is 6.04. The van der Waals surface area contributed by atoms with E-state index in [1.165, 1.54) is 5.56 Å². The number of aryl methyl sites for hydroxylation is 1. The molecule has 96 valence electrons. The predicted molar refractivity (Wildman–Crippen MR) is 78.2 cm³/mol. The van der Waals surface area contributed by atoms with Gasteiger partial charge in [0.2, 0.25) is 0 Å². The van der Waals surface area contributed by atoms with E-state index in [1.54, 1.807) is 0 Å². The van der Waals surface area contributed by atoms with E-state index >= 15 is 0 Å². The van der Waals surface area contributed by atoms with E-state index in [9.17, 15) is 0 Å². The van der Waals surface area contributed by atoms with Crippen LogP contribution in [0.15, 0.2) is 28.7 Å². The standard InChI is InChI=1S/C14H18BrN3/c1-9(16-4)12-5-7-13(8-6-12)18-11(3)14(15)10(2)17-18/h5-9,16H,1-4H3. The van der Waals surface area contributed by atoms with Crippen LogP contribution in [0.3, 0.4) is 0 Å². The van der Waals surface area contributed by atoms with Crippen LogP contribution in [0.5, 0.6) is 0 Å². The Morgan fingerprint density at radius 1 is 1.22 bits per heavy atom. The minimum atomic E-state index is 0.367. The summed E-state index contributed by atoms with van der Waals surface area (Å²) in [5.41, 5.74) is 4.51. The second-order valence-electron chi connectivity index (χ2n) is 4.50. The number of benzene rings is 1. The lowest BCUT2D eigenvalue weighted by Crippen LogP contribution is -2.12. The summed E-state index contributed by atoms with van der Waals surface area (Å²) < 4.78 is 3.04. The molecule has 0 aliphatic rings. The zero-order chi connectivity index (χ0) is 13.3. The number of rotatable bonds is 3. The Bertz CT molecular complexity index is 543. The highest BCUT2D eigenvalue weighted by Gasteiger charge is 2.10. The maximum atomic E-state index is 4.53. The molecule has 2 rings (SSSR count). The minimum Gasteiger partial charge on any atom is -0.313 e. The molecule has 0 saturated heterocycles. The summed E-state index contributed by atoms with van der Waals surface area (Å²) in [5, 5.41) is 7.76. The third kappa shape index (κ3) is 2.35. The molecular formula is C14H18BrN3. The normalized spacial score (nSPS) is 12.7. The number of nitrogens with one attached hydrogen (secondary N) is 1. The van der Waals surface area contributed by atoms with Gasteiger partial charge in [-0.3, -0.25) is 0 Å². The average molecular weight is 308 g/mol. The summed E-state index contributed by atoms with van der Waals surface area (Å²) in [6, 6.07) is 8.86. The van der Waals surface area contributed by atoms with Crippen molar-refractivity contribution in [1.29, 1.82) is 0 Å². The summed E-state index contributed by atoms with van der Waals surface area (Å²) >= 11 is 3.55. The molecule has 2 aromatic rings. The third-order valence-corrected chi connectivity index (χ3v) is 4.42. The molecule has 0 spiro atoms. The van der Waals surface area contributed by atoms with Gasteiger partial charge in [-0.15, -0.1) is 0 Å². The van der Waals surface area contributed by atoms with Crippen molar-refractivity contribution in [3.05, 3.63) is 45.7 Å². The lowest BCUT2D eigenvalue weighted by atomic mass is 10.1. The summed E-state index contributed by atoms with van der Waals surface area (Å²) in [4.78, 5) is 0. The van der Waals surface area contributed by atoms with Gasteiger partial charge in [0.15, 0.2) is 0 Å². The average Bonchev–Trinajstić information content (AvgIpc) is 2.66. The fraction of sp³-hybridized carbons (Fsp3) is 0.357. The van der Waals surface area contributed by atoms with Crippen molar-refractivity contribution >= 4 is 15.9 Å². The quantitative estimate of drug-likeness (QED) is 0.940. The molecule has 0 bridgehead atoms. The summed E-state index contributed by atoms with van der Waals surface area (Å²) in [7, 11) is 1.97. The second kappa shape index (κ2) is 5.24. The Balaban J connectivity index is 2.37. The van der Waals surface area contributed by atoms with E-state index in [0.29, 0.717) is 6.04 Å². The number of halogens is 1. The van der Waals surface area contributed by atoms with E-state index in [2.05, 4.69) is 64.5 Å². The first-order valence-corrected chi connectivity index (χ1v) is 6.83. The summed E-state index contributed by atoms with van der Waals surface area (Å²) in [5.74, 6) is 0. The Morgan fingerprint density at radius 2 is 1.83 bits per heavy atom. The van der Waals surface area contributed by atoms with Crippen molar-refractivity contribution in [3.63, 3.8) is 0 Å². The monoisotopic (exact) mass is 307 g/mol. The van der Waals surface area contributed by atoms with Crippen LogP contribution in [-0.2, 0) is 0 Å². The molecule has 18 heavy (non-hydrogen) atoms. The van der Waals surface area contributed by atoms with Crippen molar-refractivity contribution in [2.24, 2.45) is 0 Å². The first kappa shape index (κ1) is 13.3. The van der Waals surface area contributed by atoms with Crippen molar-refractivity contribution in [2.45, 2.75) is 26.8 Å². The van der Waals surface area contributed by atoms with Crippen LogP contribution in [0.25, 0.3) is 5.69 Å². The number of hydrogen-bond donors (Lipinski definition) is 1. The molecule has 1 aromatic carbocycles. The molecule has 0 aliphatic heterocycles. The molecule has 3 nitrogen and oxygen atoms in total. The van der Waals surface area contributed by atoms with Gasteiger partial charge in [-0.2, -0.15) is 5.10 Å². The largest absolute Gasteiger partial charge is 0.313 e. The second-order valence-corrected chi connectivity index (χ2v) is 5.29. The van der Waals surface area contributed by atoms with E-state index in [-0.39, 0.29) is 0 Å². The fourth-order valence-electron chi connectivity index (χ4n) is 1.95. The number of hydrogen-bond acceptors (Lipinski definition) is 2. The van der Waals surface area contributed by atoms with Gasteiger partial charge in [0.1, 0.15) is 0 Å². The van der Waals surface area contributed by atoms with Gasteiger partial charge in [0, 0.05) is 6.04 Å². The van der Waals surface area contributed by atoms with Gasteiger partial charge in [0.25, 0.3) is 0 Å². The first-order chi connectivity index (χ1) is 8.54. The lowest BCUT2D eigenvalue weighted by molar-refractivity contribution is 0.652. The maximum Gasteiger partial charge on any atom is 0.0743 e. The summed E-state index contributed by atoms with van der Waals surface area (Å²) in [6.07, 6.45) is 0. The molecule has 1 unspecified atom stereocenters. The van der Waals surface area contributed by atoms with E-state index in [0.717, 1.165) is 21.5 Å². The molecule has 0 saturated carbocycles.